The lowest BCUT2D eigenvalue weighted by Crippen LogP contribution is -2.50. The third-order valence-corrected chi connectivity index (χ3v) is 5.35. The van der Waals surface area contributed by atoms with Crippen molar-refractivity contribution in [2.75, 3.05) is 26.2 Å². The van der Waals surface area contributed by atoms with E-state index >= 15 is 0 Å². The zero-order chi connectivity index (χ0) is 13.8. The maximum absolute atomic E-state index is 3.77. The fourth-order valence-electron chi connectivity index (χ4n) is 4.47. The van der Waals surface area contributed by atoms with Crippen molar-refractivity contribution in [3.05, 3.63) is 0 Å². The Morgan fingerprint density at radius 3 is 2.58 bits per heavy atom. The molecule has 2 fully saturated rings. The fraction of sp³-hybridized carbons (Fsp3) is 1.00. The van der Waals surface area contributed by atoms with Crippen molar-refractivity contribution < 1.29 is 0 Å². The Labute approximate surface area is 120 Å². The minimum absolute atomic E-state index is 0.751. The summed E-state index contributed by atoms with van der Waals surface area (Å²) in [6.07, 6.45) is 5.65. The van der Waals surface area contributed by atoms with Crippen LogP contribution in [0.15, 0.2) is 0 Å². The molecule has 0 radical (unpaired) electrons. The van der Waals surface area contributed by atoms with E-state index in [4.69, 9.17) is 0 Å². The van der Waals surface area contributed by atoms with Crippen LogP contribution < -0.4 is 5.32 Å². The Morgan fingerprint density at radius 2 is 1.89 bits per heavy atom. The number of nitrogens with one attached hydrogen (secondary N) is 1. The molecule has 1 aliphatic heterocycles. The van der Waals surface area contributed by atoms with Crippen LogP contribution in [0.5, 0.6) is 0 Å². The van der Waals surface area contributed by atoms with Crippen molar-refractivity contribution in [3.63, 3.8) is 0 Å². The Bertz CT molecular complexity index is 266. The van der Waals surface area contributed by atoms with Crippen LogP contribution >= 0.6 is 0 Å². The number of piperidine rings is 1. The summed E-state index contributed by atoms with van der Waals surface area (Å²) >= 11 is 0. The van der Waals surface area contributed by atoms with E-state index in [-0.39, 0.29) is 0 Å². The van der Waals surface area contributed by atoms with Crippen LogP contribution in [-0.2, 0) is 0 Å². The smallest absolute Gasteiger partial charge is 0.0112 e. The molecule has 0 aromatic rings. The molecule has 1 saturated heterocycles. The van der Waals surface area contributed by atoms with Crippen LogP contribution in [0, 0.1) is 23.7 Å². The van der Waals surface area contributed by atoms with Gasteiger partial charge in [-0.15, -0.1) is 0 Å². The molecule has 2 rings (SSSR count). The molecule has 0 aromatic heterocycles. The molecule has 19 heavy (non-hydrogen) atoms. The molecule has 1 N–H and O–H groups in total. The highest BCUT2D eigenvalue weighted by molar-refractivity contribution is 4.89. The molecule has 2 nitrogen and oxygen atoms in total. The topological polar surface area (TPSA) is 15.3 Å². The van der Waals surface area contributed by atoms with Crippen LogP contribution in [0.4, 0.5) is 0 Å². The number of rotatable bonds is 4. The zero-order valence-corrected chi connectivity index (χ0v) is 13.5. The zero-order valence-electron chi connectivity index (χ0n) is 13.5. The average Bonchev–Trinajstić information content (AvgIpc) is 2.34. The lowest BCUT2D eigenvalue weighted by atomic mass is 9.72. The van der Waals surface area contributed by atoms with E-state index in [0.29, 0.717) is 0 Å². The first-order chi connectivity index (χ1) is 9.10. The number of likely N-dealkylation sites (tertiary alicyclic amines) is 1. The van der Waals surface area contributed by atoms with E-state index in [1.807, 2.05) is 0 Å². The first kappa shape index (κ1) is 15.3. The first-order valence-electron chi connectivity index (χ1n) is 8.55. The second kappa shape index (κ2) is 7.08. The largest absolute Gasteiger partial charge is 0.314 e. The molecule has 1 heterocycles. The predicted octanol–water partition coefficient (Wildman–Crippen LogP) is 3.38. The fourth-order valence-corrected chi connectivity index (χ4v) is 4.47. The second-order valence-corrected chi connectivity index (χ2v) is 7.39. The summed E-state index contributed by atoms with van der Waals surface area (Å²) < 4.78 is 0. The summed E-state index contributed by atoms with van der Waals surface area (Å²) in [5.41, 5.74) is 0. The van der Waals surface area contributed by atoms with Crippen molar-refractivity contribution in [3.8, 4) is 0 Å². The second-order valence-electron chi connectivity index (χ2n) is 7.39. The van der Waals surface area contributed by atoms with Gasteiger partial charge in [-0.3, -0.25) is 0 Å². The Morgan fingerprint density at radius 1 is 1.11 bits per heavy atom. The summed E-state index contributed by atoms with van der Waals surface area (Å²) in [4.78, 5) is 2.75. The number of hydrogen-bond acceptors (Lipinski definition) is 2. The first-order valence-corrected chi connectivity index (χ1v) is 8.55. The van der Waals surface area contributed by atoms with Crippen molar-refractivity contribution in [2.45, 2.75) is 59.4 Å². The van der Waals surface area contributed by atoms with Crippen LogP contribution in [0.25, 0.3) is 0 Å². The summed E-state index contributed by atoms with van der Waals surface area (Å²) in [5.74, 6) is 3.55. The van der Waals surface area contributed by atoms with Crippen LogP contribution in [0.1, 0.15) is 53.4 Å². The number of nitrogens with zero attached hydrogens (tertiary/aromatic N) is 1. The molecule has 2 heteroatoms. The lowest BCUT2D eigenvalue weighted by Gasteiger charge is -2.43. The van der Waals surface area contributed by atoms with Gasteiger partial charge in [0.15, 0.2) is 0 Å². The standard InChI is InChI=1S/C17H34N2/c1-5-18-17-10-14(3)9-15(4)16(17)12-19-8-6-7-13(2)11-19/h13-18H,5-12H2,1-4H3. The average molecular weight is 266 g/mol. The van der Waals surface area contributed by atoms with E-state index in [1.165, 1.54) is 45.3 Å². The van der Waals surface area contributed by atoms with Crippen molar-refractivity contribution >= 4 is 0 Å². The maximum Gasteiger partial charge on any atom is 0.0112 e. The molecule has 1 aliphatic carbocycles. The Kier molecular flexibility index (Phi) is 5.70. The molecule has 112 valence electrons. The van der Waals surface area contributed by atoms with Gasteiger partial charge in [-0.2, -0.15) is 0 Å². The highest BCUT2D eigenvalue weighted by Gasteiger charge is 2.35. The lowest BCUT2D eigenvalue weighted by molar-refractivity contribution is 0.0811. The maximum atomic E-state index is 3.77. The van der Waals surface area contributed by atoms with E-state index in [2.05, 4.69) is 37.9 Å². The minimum atomic E-state index is 0.751. The van der Waals surface area contributed by atoms with Gasteiger partial charge >= 0.3 is 0 Å². The van der Waals surface area contributed by atoms with Gasteiger partial charge in [0.25, 0.3) is 0 Å². The Balaban J connectivity index is 1.94. The van der Waals surface area contributed by atoms with E-state index in [1.54, 1.807) is 0 Å². The van der Waals surface area contributed by atoms with Crippen molar-refractivity contribution in [2.24, 2.45) is 23.7 Å². The molecular weight excluding hydrogens is 232 g/mol. The summed E-state index contributed by atoms with van der Waals surface area (Å²) in [7, 11) is 0. The summed E-state index contributed by atoms with van der Waals surface area (Å²) in [5, 5.41) is 3.77. The molecular formula is C17H34N2. The van der Waals surface area contributed by atoms with E-state index in [9.17, 15) is 0 Å². The monoisotopic (exact) mass is 266 g/mol. The van der Waals surface area contributed by atoms with Gasteiger partial charge in [0.2, 0.25) is 0 Å². The van der Waals surface area contributed by atoms with Gasteiger partial charge in [0, 0.05) is 19.1 Å². The molecule has 0 bridgehead atoms. The van der Waals surface area contributed by atoms with Gasteiger partial charge in [0.1, 0.15) is 0 Å². The van der Waals surface area contributed by atoms with Gasteiger partial charge < -0.3 is 10.2 Å². The number of hydrogen-bond donors (Lipinski definition) is 1. The van der Waals surface area contributed by atoms with Crippen molar-refractivity contribution in [1.82, 2.24) is 10.2 Å². The van der Waals surface area contributed by atoms with Gasteiger partial charge in [0.05, 0.1) is 0 Å². The molecule has 5 atom stereocenters. The van der Waals surface area contributed by atoms with Crippen LogP contribution in [0.3, 0.4) is 0 Å². The van der Waals surface area contributed by atoms with Crippen LogP contribution in [0.2, 0.25) is 0 Å². The summed E-state index contributed by atoms with van der Waals surface area (Å²) in [6.45, 7) is 14.7. The van der Waals surface area contributed by atoms with E-state index in [0.717, 1.165) is 36.3 Å². The van der Waals surface area contributed by atoms with Gasteiger partial charge in [-0.25, -0.2) is 0 Å². The SMILES string of the molecule is CCNC1CC(C)CC(C)C1CN1CCCC(C)C1. The summed E-state index contributed by atoms with van der Waals surface area (Å²) in [6, 6.07) is 0.751. The third kappa shape index (κ3) is 4.19. The predicted molar refractivity (Wildman–Crippen MR) is 83.4 cm³/mol. The molecule has 1 saturated carbocycles. The highest BCUT2D eigenvalue weighted by atomic mass is 15.1. The molecule has 0 spiro atoms. The highest BCUT2D eigenvalue weighted by Crippen LogP contribution is 2.35. The van der Waals surface area contributed by atoms with Gasteiger partial charge in [-0.1, -0.05) is 27.7 Å². The molecule has 2 aliphatic rings. The van der Waals surface area contributed by atoms with E-state index < -0.39 is 0 Å². The normalized spacial score (nSPS) is 41.4. The quantitative estimate of drug-likeness (QED) is 0.839. The molecule has 5 unspecified atom stereocenters. The van der Waals surface area contributed by atoms with Crippen molar-refractivity contribution in [1.29, 1.82) is 0 Å². The molecule has 0 amide bonds. The van der Waals surface area contributed by atoms with Gasteiger partial charge in [-0.05, 0) is 62.4 Å². The third-order valence-electron chi connectivity index (χ3n) is 5.35. The molecule has 0 aromatic carbocycles. The minimum Gasteiger partial charge on any atom is -0.314 e. The Hall–Kier alpha value is -0.0800. The van der Waals surface area contributed by atoms with Crippen LogP contribution in [-0.4, -0.2) is 37.1 Å².